The van der Waals surface area contributed by atoms with Gasteiger partial charge < -0.3 is 14.6 Å². The molecule has 188 valence electrons. The number of benzene rings is 1. The lowest BCUT2D eigenvalue weighted by Crippen LogP contribution is -2.44. The summed E-state index contributed by atoms with van der Waals surface area (Å²) in [6, 6.07) is 7.09. The minimum Gasteiger partial charge on any atom is -0.486 e. The van der Waals surface area contributed by atoms with Crippen LogP contribution in [0.1, 0.15) is 63.0 Å². The number of pyridine rings is 1. The van der Waals surface area contributed by atoms with Crippen LogP contribution in [0.5, 0.6) is 11.6 Å². The highest BCUT2D eigenvalue weighted by Crippen LogP contribution is 2.40. The van der Waals surface area contributed by atoms with Crippen molar-refractivity contribution in [1.29, 1.82) is 0 Å². The molecule has 0 radical (unpaired) electrons. The molecule has 1 N–H and O–H groups in total. The lowest BCUT2D eigenvalue weighted by atomic mass is 9.93. The zero-order valence-electron chi connectivity index (χ0n) is 20.2. The van der Waals surface area contributed by atoms with Crippen LogP contribution in [0.2, 0.25) is 0 Å². The van der Waals surface area contributed by atoms with Crippen LogP contribution in [-0.4, -0.2) is 43.7 Å². The molecule has 2 heterocycles. The van der Waals surface area contributed by atoms with Crippen LogP contribution in [0.4, 0.5) is 5.69 Å². The number of fused-ring (bicyclic) bond motifs is 1. The van der Waals surface area contributed by atoms with Gasteiger partial charge in [0.15, 0.2) is 0 Å². The molecule has 0 bridgehead atoms. The van der Waals surface area contributed by atoms with E-state index in [0.29, 0.717) is 17.0 Å². The molecule has 1 aliphatic heterocycles. The van der Waals surface area contributed by atoms with E-state index in [0.717, 1.165) is 18.4 Å². The Kier molecular flexibility index (Phi) is 7.64. The topological polar surface area (TPSA) is 106 Å². The van der Waals surface area contributed by atoms with E-state index >= 15 is 0 Å². The summed E-state index contributed by atoms with van der Waals surface area (Å²) in [5.41, 5.74) is 3.41. The Bertz CT molecular complexity index is 1220. The van der Waals surface area contributed by atoms with Crippen molar-refractivity contribution in [3.63, 3.8) is 0 Å². The molecule has 1 aromatic carbocycles. The molecular weight excluding hydrogens is 468 g/mol. The first-order chi connectivity index (χ1) is 16.8. The van der Waals surface area contributed by atoms with E-state index in [-0.39, 0.29) is 36.8 Å². The number of carbonyl (C=O) groups is 1. The Morgan fingerprint density at radius 3 is 2.74 bits per heavy atom. The van der Waals surface area contributed by atoms with Crippen LogP contribution in [0.3, 0.4) is 0 Å². The van der Waals surface area contributed by atoms with Crippen LogP contribution in [0.25, 0.3) is 6.08 Å². The number of aliphatic carboxylic acids is 1. The minimum atomic E-state index is -4.07. The number of ether oxygens (including phenoxy) is 2. The van der Waals surface area contributed by atoms with E-state index in [2.05, 4.69) is 11.1 Å². The van der Waals surface area contributed by atoms with Crippen LogP contribution in [0.15, 0.2) is 40.9 Å². The Labute approximate surface area is 206 Å². The molecule has 4 rings (SSSR count). The number of aromatic nitrogens is 1. The van der Waals surface area contributed by atoms with Crippen molar-refractivity contribution in [3.8, 4) is 11.6 Å². The van der Waals surface area contributed by atoms with Crippen LogP contribution < -0.4 is 13.8 Å². The number of carboxylic acid groups (broad SMARTS) is 1. The first-order valence-corrected chi connectivity index (χ1v) is 13.6. The molecule has 1 aliphatic carbocycles. The second kappa shape index (κ2) is 10.7. The van der Waals surface area contributed by atoms with E-state index < -0.39 is 22.1 Å². The standard InChI is InChI=1S/C26H32N2O6S/c1-3-33-26-24(13-18(2)16-27-26)35(31,32)28-17-21(10-12-25(29)30)34-23-11-9-20(15-22(23)28)14-19-7-5-4-6-8-19/h9,11,13-16,21H,3-8,10,12,17H2,1-2H3,(H,29,30)/t21-/m0/s1. The second-order valence-electron chi connectivity index (χ2n) is 9.05. The molecule has 0 amide bonds. The maximum atomic E-state index is 14.0. The Balaban J connectivity index is 1.77. The van der Waals surface area contributed by atoms with Crippen LogP contribution in [-0.2, 0) is 14.8 Å². The van der Waals surface area contributed by atoms with Gasteiger partial charge in [-0.2, -0.15) is 0 Å². The summed E-state index contributed by atoms with van der Waals surface area (Å²) >= 11 is 0. The maximum absolute atomic E-state index is 14.0. The number of hydrogen-bond acceptors (Lipinski definition) is 6. The number of aryl methyl sites for hydroxylation is 1. The highest BCUT2D eigenvalue weighted by Gasteiger charge is 2.37. The molecule has 8 nitrogen and oxygen atoms in total. The lowest BCUT2D eigenvalue weighted by Gasteiger charge is -2.35. The molecule has 1 saturated carbocycles. The Morgan fingerprint density at radius 2 is 2.03 bits per heavy atom. The molecule has 35 heavy (non-hydrogen) atoms. The monoisotopic (exact) mass is 500 g/mol. The van der Waals surface area contributed by atoms with Gasteiger partial charge in [0, 0.05) is 12.6 Å². The summed E-state index contributed by atoms with van der Waals surface area (Å²) in [4.78, 5) is 15.4. The zero-order chi connectivity index (χ0) is 25.0. The third kappa shape index (κ3) is 5.78. The van der Waals surface area contributed by atoms with E-state index in [1.165, 1.54) is 29.1 Å². The molecule has 0 saturated heterocycles. The van der Waals surface area contributed by atoms with Gasteiger partial charge in [0.25, 0.3) is 10.0 Å². The summed E-state index contributed by atoms with van der Waals surface area (Å²) in [5.74, 6) is -0.488. The number of rotatable bonds is 8. The van der Waals surface area contributed by atoms with Crippen molar-refractivity contribution in [2.45, 2.75) is 69.8 Å². The van der Waals surface area contributed by atoms with Gasteiger partial charge in [0.1, 0.15) is 16.7 Å². The number of carboxylic acids is 1. The van der Waals surface area contributed by atoms with Crippen molar-refractivity contribution in [3.05, 3.63) is 47.2 Å². The average Bonchev–Trinajstić information content (AvgIpc) is 2.84. The van der Waals surface area contributed by atoms with Crippen molar-refractivity contribution in [2.24, 2.45) is 0 Å². The highest BCUT2D eigenvalue weighted by atomic mass is 32.2. The first kappa shape index (κ1) is 25.0. The van der Waals surface area contributed by atoms with Gasteiger partial charge in [-0.15, -0.1) is 0 Å². The lowest BCUT2D eigenvalue weighted by molar-refractivity contribution is -0.137. The Hall–Kier alpha value is -3.07. The SMILES string of the molecule is CCOc1ncc(C)cc1S(=O)(=O)N1C[C@H](CCC(=O)O)Oc2ccc(C=C3CCCCC3)cc21. The first-order valence-electron chi connectivity index (χ1n) is 12.1. The normalized spacial score (nSPS) is 17.9. The van der Waals surface area contributed by atoms with Gasteiger partial charge in [0.05, 0.1) is 18.8 Å². The molecular formula is C26H32N2O6S. The summed E-state index contributed by atoms with van der Waals surface area (Å²) in [6.45, 7) is 3.83. The molecule has 2 aromatic rings. The van der Waals surface area contributed by atoms with E-state index in [4.69, 9.17) is 14.6 Å². The van der Waals surface area contributed by atoms with Gasteiger partial charge in [-0.1, -0.05) is 24.1 Å². The fraction of sp³-hybridized carbons (Fsp3) is 0.462. The van der Waals surface area contributed by atoms with Crippen molar-refractivity contribution < 1.29 is 27.8 Å². The fourth-order valence-corrected chi connectivity index (χ4v) is 6.21. The smallest absolute Gasteiger partial charge is 0.303 e. The summed E-state index contributed by atoms with van der Waals surface area (Å²) in [6.07, 6.45) is 8.89. The average molecular weight is 501 g/mol. The van der Waals surface area contributed by atoms with E-state index in [9.17, 15) is 13.2 Å². The predicted octanol–water partition coefficient (Wildman–Crippen LogP) is 4.96. The molecule has 1 fully saturated rings. The Morgan fingerprint density at radius 1 is 1.26 bits per heavy atom. The van der Waals surface area contributed by atoms with Crippen molar-refractivity contribution in [2.75, 3.05) is 17.5 Å². The molecule has 2 aliphatic rings. The molecule has 0 unspecified atom stereocenters. The third-order valence-corrected chi connectivity index (χ3v) is 8.04. The van der Waals surface area contributed by atoms with Crippen LogP contribution in [0, 0.1) is 6.92 Å². The fourth-order valence-electron chi connectivity index (χ4n) is 4.55. The third-order valence-electron chi connectivity index (χ3n) is 6.27. The number of nitrogens with zero attached hydrogens (tertiary/aromatic N) is 2. The van der Waals surface area contributed by atoms with Gasteiger partial charge in [-0.25, -0.2) is 13.4 Å². The van der Waals surface area contributed by atoms with Gasteiger partial charge in [-0.05, 0) is 75.3 Å². The molecule has 1 atom stereocenters. The number of anilines is 1. The number of hydrogen-bond donors (Lipinski definition) is 1. The van der Waals surface area contributed by atoms with E-state index in [1.807, 2.05) is 12.1 Å². The highest BCUT2D eigenvalue weighted by molar-refractivity contribution is 7.93. The summed E-state index contributed by atoms with van der Waals surface area (Å²) in [7, 11) is -4.07. The van der Waals surface area contributed by atoms with Gasteiger partial charge in [-0.3, -0.25) is 9.10 Å². The molecule has 1 aromatic heterocycles. The van der Waals surface area contributed by atoms with Crippen LogP contribution >= 0.6 is 0 Å². The maximum Gasteiger partial charge on any atom is 0.303 e. The molecule has 9 heteroatoms. The minimum absolute atomic E-state index is 0.00213. The van der Waals surface area contributed by atoms with Gasteiger partial charge in [0.2, 0.25) is 5.88 Å². The summed E-state index contributed by atoms with van der Waals surface area (Å²) < 4.78 is 40.9. The second-order valence-corrected chi connectivity index (χ2v) is 10.9. The summed E-state index contributed by atoms with van der Waals surface area (Å²) in [5, 5.41) is 9.14. The quantitative estimate of drug-likeness (QED) is 0.546. The van der Waals surface area contributed by atoms with Crippen molar-refractivity contribution >= 4 is 27.8 Å². The molecule has 0 spiro atoms. The zero-order valence-corrected chi connectivity index (χ0v) is 21.0. The van der Waals surface area contributed by atoms with E-state index in [1.54, 1.807) is 32.2 Å². The largest absolute Gasteiger partial charge is 0.486 e. The predicted molar refractivity (Wildman–Crippen MR) is 133 cm³/mol. The van der Waals surface area contributed by atoms with Gasteiger partial charge >= 0.3 is 5.97 Å². The number of allylic oxidation sites excluding steroid dienone is 1. The number of sulfonamides is 1. The van der Waals surface area contributed by atoms with Crippen molar-refractivity contribution in [1.82, 2.24) is 4.98 Å².